The molecular weight excluding hydrogens is 264 g/mol. The Morgan fingerprint density at radius 3 is 2.00 bits per heavy atom. The van der Waals surface area contributed by atoms with Crippen molar-refractivity contribution in [3.63, 3.8) is 0 Å². The first-order valence-corrected chi connectivity index (χ1v) is 8.46. The average molecular weight is 296 g/mol. The fraction of sp³-hybridized carbons (Fsp3) is 0.833. The summed E-state index contributed by atoms with van der Waals surface area (Å²) in [5.41, 5.74) is 0. The first-order chi connectivity index (χ1) is 10.2. The molecule has 0 aliphatic carbocycles. The molecule has 0 spiro atoms. The normalized spacial score (nSPS) is 11.7. The highest BCUT2D eigenvalue weighted by molar-refractivity contribution is 5.72. The average Bonchev–Trinajstić information content (AvgIpc) is 2.47. The minimum Gasteiger partial charge on any atom is -0.479 e. The molecule has 122 valence electrons. The number of carboxylic acid groups (broad SMARTS) is 1. The van der Waals surface area contributed by atoms with Gasteiger partial charge in [0.15, 0.2) is 6.10 Å². The Hall–Kier alpha value is -1.01. The van der Waals surface area contributed by atoms with Crippen LogP contribution in [0.15, 0.2) is 0 Å². The number of unbranched alkanes of at least 4 members (excludes halogenated alkanes) is 9. The van der Waals surface area contributed by atoms with Crippen LogP contribution in [0.5, 0.6) is 0 Å². The standard InChI is InChI=1S/C18H32O3/c1-3-5-6-7-8-9-10-11-12-13-14-15-16-21-17(4-2)18(19)20/h17H,4,6-16H2,1-2H3,(H,19,20). The fourth-order valence-electron chi connectivity index (χ4n) is 2.27. The molecule has 0 aliphatic heterocycles. The van der Waals surface area contributed by atoms with Crippen molar-refractivity contribution in [1.29, 1.82) is 0 Å². The van der Waals surface area contributed by atoms with Crippen molar-refractivity contribution >= 4 is 5.97 Å². The van der Waals surface area contributed by atoms with E-state index < -0.39 is 12.1 Å². The van der Waals surface area contributed by atoms with Crippen LogP contribution in [0, 0.1) is 11.8 Å². The second-order valence-electron chi connectivity index (χ2n) is 5.46. The van der Waals surface area contributed by atoms with Crippen LogP contribution in [0.1, 0.15) is 84.5 Å². The van der Waals surface area contributed by atoms with Crippen LogP contribution in [0.2, 0.25) is 0 Å². The zero-order valence-corrected chi connectivity index (χ0v) is 13.8. The number of hydrogen-bond donors (Lipinski definition) is 1. The molecule has 21 heavy (non-hydrogen) atoms. The third-order valence-corrected chi connectivity index (χ3v) is 3.59. The van der Waals surface area contributed by atoms with E-state index in [0.29, 0.717) is 13.0 Å². The third kappa shape index (κ3) is 13.7. The lowest BCUT2D eigenvalue weighted by Gasteiger charge is -2.10. The number of carbonyl (C=O) groups is 1. The number of rotatable bonds is 14. The molecule has 0 saturated heterocycles. The lowest BCUT2D eigenvalue weighted by molar-refractivity contribution is -0.150. The first kappa shape index (κ1) is 20.0. The van der Waals surface area contributed by atoms with Gasteiger partial charge in [-0.3, -0.25) is 0 Å². The van der Waals surface area contributed by atoms with Crippen LogP contribution >= 0.6 is 0 Å². The second kappa shape index (κ2) is 15.4. The van der Waals surface area contributed by atoms with E-state index in [1.165, 1.54) is 44.9 Å². The van der Waals surface area contributed by atoms with Crippen LogP contribution in [0.3, 0.4) is 0 Å². The molecule has 0 rings (SSSR count). The van der Waals surface area contributed by atoms with Gasteiger partial charge in [0, 0.05) is 13.0 Å². The van der Waals surface area contributed by atoms with E-state index in [2.05, 4.69) is 11.8 Å². The monoisotopic (exact) mass is 296 g/mol. The molecule has 3 nitrogen and oxygen atoms in total. The van der Waals surface area contributed by atoms with Gasteiger partial charge in [0.1, 0.15) is 0 Å². The Morgan fingerprint density at radius 1 is 1.00 bits per heavy atom. The van der Waals surface area contributed by atoms with Crippen molar-refractivity contribution in [2.75, 3.05) is 6.61 Å². The van der Waals surface area contributed by atoms with Crippen molar-refractivity contribution < 1.29 is 14.6 Å². The summed E-state index contributed by atoms with van der Waals surface area (Å²) in [5.74, 6) is 5.18. The van der Waals surface area contributed by atoms with E-state index in [9.17, 15) is 4.79 Å². The van der Waals surface area contributed by atoms with Crippen LogP contribution in [0.4, 0.5) is 0 Å². The molecular formula is C18H32O3. The molecule has 0 aromatic rings. The minimum atomic E-state index is -0.845. The molecule has 1 N–H and O–H groups in total. The summed E-state index contributed by atoms with van der Waals surface area (Å²) in [5, 5.41) is 8.83. The highest BCUT2D eigenvalue weighted by Gasteiger charge is 2.14. The molecule has 1 atom stereocenters. The molecule has 0 amide bonds. The van der Waals surface area contributed by atoms with Gasteiger partial charge in [-0.2, -0.15) is 0 Å². The van der Waals surface area contributed by atoms with Crippen molar-refractivity contribution in [3.05, 3.63) is 0 Å². The molecule has 0 heterocycles. The van der Waals surface area contributed by atoms with Gasteiger partial charge in [0.25, 0.3) is 0 Å². The van der Waals surface area contributed by atoms with Gasteiger partial charge in [0.05, 0.1) is 0 Å². The predicted octanol–water partition coefficient (Wildman–Crippen LogP) is 4.79. The number of hydrogen-bond acceptors (Lipinski definition) is 2. The van der Waals surface area contributed by atoms with E-state index in [1.807, 2.05) is 13.8 Å². The zero-order chi connectivity index (χ0) is 15.8. The lowest BCUT2D eigenvalue weighted by atomic mass is 10.1. The minimum absolute atomic E-state index is 0.541. The van der Waals surface area contributed by atoms with Crippen molar-refractivity contribution in [3.8, 4) is 11.8 Å². The summed E-state index contributed by atoms with van der Waals surface area (Å²) in [7, 11) is 0. The number of carboxylic acids is 1. The van der Waals surface area contributed by atoms with Crippen LogP contribution in [-0.2, 0) is 9.53 Å². The Morgan fingerprint density at radius 2 is 1.52 bits per heavy atom. The summed E-state index contributed by atoms with van der Waals surface area (Å²) in [6.07, 6.45) is 12.1. The summed E-state index contributed by atoms with van der Waals surface area (Å²) < 4.78 is 5.33. The Balaban J connectivity index is 3.18. The van der Waals surface area contributed by atoms with Crippen LogP contribution in [-0.4, -0.2) is 23.8 Å². The maximum atomic E-state index is 10.7. The zero-order valence-electron chi connectivity index (χ0n) is 13.8. The van der Waals surface area contributed by atoms with Crippen LogP contribution < -0.4 is 0 Å². The van der Waals surface area contributed by atoms with E-state index >= 15 is 0 Å². The summed E-state index contributed by atoms with van der Waals surface area (Å²) in [6.45, 7) is 4.31. The second-order valence-corrected chi connectivity index (χ2v) is 5.46. The number of aliphatic carboxylic acids is 1. The highest BCUT2D eigenvalue weighted by atomic mass is 16.5. The first-order valence-electron chi connectivity index (χ1n) is 8.46. The molecule has 0 aromatic carbocycles. The van der Waals surface area contributed by atoms with Crippen molar-refractivity contribution in [2.45, 2.75) is 90.6 Å². The van der Waals surface area contributed by atoms with Crippen molar-refractivity contribution in [2.24, 2.45) is 0 Å². The van der Waals surface area contributed by atoms with Gasteiger partial charge in [-0.1, -0.05) is 51.9 Å². The van der Waals surface area contributed by atoms with Gasteiger partial charge in [-0.05, 0) is 26.2 Å². The van der Waals surface area contributed by atoms with Crippen LogP contribution in [0.25, 0.3) is 0 Å². The fourth-order valence-corrected chi connectivity index (χ4v) is 2.27. The van der Waals surface area contributed by atoms with Crippen molar-refractivity contribution in [1.82, 2.24) is 0 Å². The van der Waals surface area contributed by atoms with Gasteiger partial charge in [-0.15, -0.1) is 11.8 Å². The van der Waals surface area contributed by atoms with E-state index in [4.69, 9.17) is 9.84 Å². The summed E-state index contributed by atoms with van der Waals surface area (Å²) in [4.78, 5) is 10.7. The Kier molecular flexibility index (Phi) is 14.6. The van der Waals surface area contributed by atoms with Gasteiger partial charge >= 0.3 is 5.97 Å². The van der Waals surface area contributed by atoms with E-state index in [0.717, 1.165) is 19.3 Å². The SMILES string of the molecule is CC#CCCCCCCCCCCCOC(CC)C(=O)O. The Labute approximate surface area is 130 Å². The molecule has 0 saturated carbocycles. The van der Waals surface area contributed by atoms with Gasteiger partial charge < -0.3 is 9.84 Å². The molecule has 1 unspecified atom stereocenters. The van der Waals surface area contributed by atoms with Gasteiger partial charge in [0.2, 0.25) is 0 Å². The summed E-state index contributed by atoms with van der Waals surface area (Å²) >= 11 is 0. The quantitative estimate of drug-likeness (QED) is 0.370. The molecule has 0 aromatic heterocycles. The lowest BCUT2D eigenvalue weighted by Crippen LogP contribution is -2.23. The Bertz CT molecular complexity index is 301. The molecule has 0 fully saturated rings. The third-order valence-electron chi connectivity index (χ3n) is 3.59. The van der Waals surface area contributed by atoms with Gasteiger partial charge in [-0.25, -0.2) is 4.79 Å². The topological polar surface area (TPSA) is 46.5 Å². The molecule has 0 bridgehead atoms. The highest BCUT2D eigenvalue weighted by Crippen LogP contribution is 2.11. The molecule has 0 radical (unpaired) electrons. The number of ether oxygens (including phenoxy) is 1. The largest absolute Gasteiger partial charge is 0.479 e. The van der Waals surface area contributed by atoms with E-state index in [1.54, 1.807) is 0 Å². The molecule has 0 aliphatic rings. The smallest absolute Gasteiger partial charge is 0.332 e. The predicted molar refractivity (Wildman–Crippen MR) is 87.3 cm³/mol. The van der Waals surface area contributed by atoms with E-state index in [-0.39, 0.29) is 0 Å². The molecule has 3 heteroatoms. The summed E-state index contributed by atoms with van der Waals surface area (Å²) in [6, 6.07) is 0. The maximum absolute atomic E-state index is 10.7. The maximum Gasteiger partial charge on any atom is 0.332 e.